The SMILES string of the molecule is CCc1ccc(C(C)NCCS(C)=O)o1. The maximum Gasteiger partial charge on any atom is 0.120 e. The third-order valence-corrected chi connectivity index (χ3v) is 3.08. The molecule has 1 aromatic rings. The van der Waals surface area contributed by atoms with Crippen LogP contribution in [0.25, 0.3) is 0 Å². The van der Waals surface area contributed by atoms with Crippen LogP contribution in [0.15, 0.2) is 16.5 Å². The van der Waals surface area contributed by atoms with Crippen molar-refractivity contribution in [2.45, 2.75) is 26.3 Å². The molecule has 1 rings (SSSR count). The van der Waals surface area contributed by atoms with Crippen LogP contribution < -0.4 is 5.32 Å². The number of aryl methyl sites for hydroxylation is 1. The Morgan fingerprint density at radius 3 is 2.80 bits per heavy atom. The van der Waals surface area contributed by atoms with Crippen LogP contribution in [0, 0.1) is 0 Å². The van der Waals surface area contributed by atoms with Crippen molar-refractivity contribution in [3.8, 4) is 0 Å². The van der Waals surface area contributed by atoms with Gasteiger partial charge >= 0.3 is 0 Å². The van der Waals surface area contributed by atoms with Gasteiger partial charge in [-0.1, -0.05) is 6.92 Å². The predicted octanol–water partition coefficient (Wildman–Crippen LogP) is 1.87. The average molecular weight is 229 g/mol. The van der Waals surface area contributed by atoms with Crippen LogP contribution >= 0.6 is 0 Å². The summed E-state index contributed by atoms with van der Waals surface area (Å²) in [7, 11) is -0.728. The second-order valence-electron chi connectivity index (χ2n) is 3.61. The molecular formula is C11H19NO2S. The summed E-state index contributed by atoms with van der Waals surface area (Å²) < 4.78 is 16.5. The number of rotatable bonds is 6. The molecule has 0 aliphatic carbocycles. The number of hydrogen-bond donors (Lipinski definition) is 1. The Labute approximate surface area is 93.7 Å². The van der Waals surface area contributed by atoms with Gasteiger partial charge in [-0.2, -0.15) is 0 Å². The summed E-state index contributed by atoms with van der Waals surface area (Å²) in [5.74, 6) is 2.65. The molecule has 0 fully saturated rings. The lowest BCUT2D eigenvalue weighted by molar-refractivity contribution is 0.414. The summed E-state index contributed by atoms with van der Waals surface area (Å²) in [6.07, 6.45) is 2.64. The van der Waals surface area contributed by atoms with E-state index in [4.69, 9.17) is 4.42 Å². The highest BCUT2D eigenvalue weighted by atomic mass is 32.2. The molecule has 0 aliphatic heterocycles. The number of nitrogens with one attached hydrogen (secondary N) is 1. The summed E-state index contributed by atoms with van der Waals surface area (Å²) in [6.45, 7) is 4.88. The van der Waals surface area contributed by atoms with Gasteiger partial charge in [0.1, 0.15) is 11.5 Å². The molecule has 0 radical (unpaired) electrons. The van der Waals surface area contributed by atoms with Crippen LogP contribution in [0.4, 0.5) is 0 Å². The summed E-state index contributed by atoms with van der Waals surface area (Å²) in [5, 5.41) is 3.28. The molecule has 0 saturated carbocycles. The molecule has 15 heavy (non-hydrogen) atoms. The zero-order valence-corrected chi connectivity index (χ0v) is 10.4. The predicted molar refractivity (Wildman–Crippen MR) is 63.4 cm³/mol. The molecule has 0 aromatic carbocycles. The van der Waals surface area contributed by atoms with Crippen molar-refractivity contribution in [2.24, 2.45) is 0 Å². The van der Waals surface area contributed by atoms with Crippen LogP contribution in [0.2, 0.25) is 0 Å². The van der Waals surface area contributed by atoms with Gasteiger partial charge in [-0.3, -0.25) is 4.21 Å². The van der Waals surface area contributed by atoms with E-state index < -0.39 is 10.8 Å². The van der Waals surface area contributed by atoms with Crippen molar-refractivity contribution in [3.05, 3.63) is 23.7 Å². The van der Waals surface area contributed by atoms with Gasteiger partial charge in [0.25, 0.3) is 0 Å². The molecule has 0 bridgehead atoms. The minimum absolute atomic E-state index is 0.189. The lowest BCUT2D eigenvalue weighted by Crippen LogP contribution is -2.23. The Balaban J connectivity index is 2.39. The van der Waals surface area contributed by atoms with E-state index in [2.05, 4.69) is 19.2 Å². The zero-order valence-electron chi connectivity index (χ0n) is 9.58. The molecule has 0 saturated heterocycles. The zero-order chi connectivity index (χ0) is 11.3. The third-order valence-electron chi connectivity index (χ3n) is 2.30. The minimum atomic E-state index is -0.728. The van der Waals surface area contributed by atoms with Crippen LogP contribution in [-0.2, 0) is 17.2 Å². The van der Waals surface area contributed by atoms with E-state index in [0.717, 1.165) is 24.5 Å². The molecule has 1 aromatic heterocycles. The first-order valence-electron chi connectivity index (χ1n) is 5.25. The van der Waals surface area contributed by atoms with Gasteiger partial charge in [0.05, 0.1) is 6.04 Å². The normalized spacial score (nSPS) is 15.1. The van der Waals surface area contributed by atoms with Gasteiger partial charge in [0.2, 0.25) is 0 Å². The number of furan rings is 1. The third kappa shape index (κ3) is 4.18. The van der Waals surface area contributed by atoms with Gasteiger partial charge < -0.3 is 9.73 Å². The Kier molecular flexibility index (Phi) is 5.05. The van der Waals surface area contributed by atoms with Crippen LogP contribution in [-0.4, -0.2) is 22.8 Å². The first-order valence-corrected chi connectivity index (χ1v) is 6.98. The van der Waals surface area contributed by atoms with Crippen molar-refractivity contribution in [3.63, 3.8) is 0 Å². The minimum Gasteiger partial charge on any atom is -0.464 e. The maximum atomic E-state index is 10.9. The topological polar surface area (TPSA) is 42.2 Å². The quantitative estimate of drug-likeness (QED) is 0.809. The molecule has 2 unspecified atom stereocenters. The van der Waals surface area contributed by atoms with Crippen LogP contribution in [0.3, 0.4) is 0 Å². The Bertz CT molecular complexity index is 322. The van der Waals surface area contributed by atoms with Crippen molar-refractivity contribution >= 4 is 10.8 Å². The molecular weight excluding hydrogens is 210 g/mol. The molecule has 0 aliphatic rings. The van der Waals surface area contributed by atoms with E-state index >= 15 is 0 Å². The second-order valence-corrected chi connectivity index (χ2v) is 5.17. The van der Waals surface area contributed by atoms with E-state index in [-0.39, 0.29) is 6.04 Å². The molecule has 1 heterocycles. The smallest absolute Gasteiger partial charge is 0.120 e. The van der Waals surface area contributed by atoms with Crippen molar-refractivity contribution in [1.29, 1.82) is 0 Å². The van der Waals surface area contributed by atoms with E-state index in [1.165, 1.54) is 0 Å². The molecule has 86 valence electrons. The molecule has 3 nitrogen and oxygen atoms in total. The van der Waals surface area contributed by atoms with Gasteiger partial charge in [0.15, 0.2) is 0 Å². The van der Waals surface area contributed by atoms with Gasteiger partial charge in [-0.05, 0) is 19.1 Å². The van der Waals surface area contributed by atoms with Crippen molar-refractivity contribution in [1.82, 2.24) is 5.32 Å². The first kappa shape index (κ1) is 12.5. The highest BCUT2D eigenvalue weighted by Gasteiger charge is 2.08. The summed E-state index contributed by atoms with van der Waals surface area (Å²) >= 11 is 0. The van der Waals surface area contributed by atoms with Gasteiger partial charge in [-0.25, -0.2) is 0 Å². The second kappa shape index (κ2) is 6.08. The standard InChI is InChI=1S/C11H19NO2S/c1-4-10-5-6-11(14-10)9(2)12-7-8-15(3)13/h5-6,9,12H,4,7-8H2,1-3H3. The fourth-order valence-electron chi connectivity index (χ4n) is 1.34. The van der Waals surface area contributed by atoms with E-state index in [9.17, 15) is 4.21 Å². The van der Waals surface area contributed by atoms with Crippen molar-refractivity contribution in [2.75, 3.05) is 18.6 Å². The molecule has 0 amide bonds. The summed E-state index contributed by atoms with van der Waals surface area (Å²) in [4.78, 5) is 0. The summed E-state index contributed by atoms with van der Waals surface area (Å²) in [5.41, 5.74) is 0. The lowest BCUT2D eigenvalue weighted by atomic mass is 10.2. The van der Waals surface area contributed by atoms with E-state index in [1.54, 1.807) is 6.26 Å². The van der Waals surface area contributed by atoms with Crippen LogP contribution in [0.5, 0.6) is 0 Å². The Morgan fingerprint density at radius 1 is 1.53 bits per heavy atom. The Morgan fingerprint density at radius 2 is 2.27 bits per heavy atom. The number of hydrogen-bond acceptors (Lipinski definition) is 3. The van der Waals surface area contributed by atoms with Crippen LogP contribution in [0.1, 0.15) is 31.4 Å². The van der Waals surface area contributed by atoms with Gasteiger partial charge in [0, 0.05) is 35.8 Å². The fourth-order valence-corrected chi connectivity index (χ4v) is 1.74. The molecule has 2 atom stereocenters. The monoisotopic (exact) mass is 229 g/mol. The largest absolute Gasteiger partial charge is 0.464 e. The van der Waals surface area contributed by atoms with Gasteiger partial charge in [-0.15, -0.1) is 0 Å². The Hall–Kier alpha value is -0.610. The lowest BCUT2D eigenvalue weighted by Gasteiger charge is -2.10. The average Bonchev–Trinajstić information content (AvgIpc) is 2.65. The fraction of sp³-hybridized carbons (Fsp3) is 0.636. The summed E-state index contributed by atoms with van der Waals surface area (Å²) in [6, 6.07) is 4.19. The first-order chi connectivity index (χ1) is 7.13. The maximum absolute atomic E-state index is 10.9. The molecule has 0 spiro atoms. The van der Waals surface area contributed by atoms with E-state index in [0.29, 0.717) is 5.75 Å². The van der Waals surface area contributed by atoms with E-state index in [1.807, 2.05) is 12.1 Å². The molecule has 4 heteroatoms. The van der Waals surface area contributed by atoms with Crippen molar-refractivity contribution < 1.29 is 8.63 Å². The highest BCUT2D eigenvalue weighted by Crippen LogP contribution is 2.16. The highest BCUT2D eigenvalue weighted by molar-refractivity contribution is 7.84. The molecule has 1 N–H and O–H groups in total.